The minimum absolute atomic E-state index is 0.241. The zero-order valence-corrected chi connectivity index (χ0v) is 13.9. The van der Waals surface area contributed by atoms with Crippen molar-refractivity contribution >= 4 is 6.03 Å². The molecule has 128 valence electrons. The van der Waals surface area contributed by atoms with E-state index in [0.717, 1.165) is 36.8 Å². The summed E-state index contributed by atoms with van der Waals surface area (Å²) in [7, 11) is 0. The first-order chi connectivity index (χ1) is 11.1. The van der Waals surface area contributed by atoms with Gasteiger partial charge in [-0.2, -0.15) is 0 Å². The second-order valence-corrected chi connectivity index (χ2v) is 6.23. The van der Waals surface area contributed by atoms with E-state index in [9.17, 15) is 9.90 Å². The highest BCUT2D eigenvalue weighted by Gasteiger charge is 2.29. The smallest absolute Gasteiger partial charge is 0.315 e. The van der Waals surface area contributed by atoms with E-state index in [1.165, 1.54) is 6.42 Å². The maximum atomic E-state index is 12.0. The first-order valence-corrected chi connectivity index (χ1v) is 8.51. The number of aliphatic hydroxyl groups is 1. The highest BCUT2D eigenvalue weighted by Crippen LogP contribution is 2.27. The number of carbonyl (C=O) groups excluding carboxylic acids is 1. The van der Waals surface area contributed by atoms with Gasteiger partial charge < -0.3 is 20.5 Å². The third-order valence-corrected chi connectivity index (χ3v) is 4.38. The predicted octanol–water partition coefficient (Wildman–Crippen LogP) is 2.72. The summed E-state index contributed by atoms with van der Waals surface area (Å²) < 4.78 is 5.45. The summed E-state index contributed by atoms with van der Waals surface area (Å²) in [5.74, 6) is 0. The Morgan fingerprint density at radius 2 is 1.87 bits per heavy atom. The molecule has 1 aliphatic rings. The monoisotopic (exact) mass is 320 g/mol. The van der Waals surface area contributed by atoms with Crippen LogP contribution in [0.15, 0.2) is 24.3 Å². The Balaban J connectivity index is 1.78. The molecule has 3 N–H and O–H groups in total. The standard InChI is InChI=1S/C18H28N2O3/c1-2-23-13-16-9-5-4-8-15(16)12-19-17(21)20-14-18(22)10-6-3-7-11-18/h4-5,8-9,22H,2-3,6-7,10-14H2,1H3,(H2,19,20,21). The van der Waals surface area contributed by atoms with Gasteiger partial charge in [0.05, 0.1) is 12.2 Å². The van der Waals surface area contributed by atoms with Crippen LogP contribution in [0.3, 0.4) is 0 Å². The fourth-order valence-corrected chi connectivity index (χ4v) is 2.95. The maximum Gasteiger partial charge on any atom is 0.315 e. The molecule has 0 heterocycles. The van der Waals surface area contributed by atoms with Crippen LogP contribution in [0.25, 0.3) is 0 Å². The lowest BCUT2D eigenvalue weighted by Crippen LogP contribution is -2.47. The minimum Gasteiger partial charge on any atom is -0.388 e. The van der Waals surface area contributed by atoms with E-state index in [2.05, 4.69) is 10.6 Å². The largest absolute Gasteiger partial charge is 0.388 e. The second kappa shape index (κ2) is 8.89. The molecule has 0 bridgehead atoms. The van der Waals surface area contributed by atoms with Gasteiger partial charge in [-0.05, 0) is 30.9 Å². The highest BCUT2D eigenvalue weighted by molar-refractivity contribution is 5.73. The molecule has 1 aliphatic carbocycles. The molecular formula is C18H28N2O3. The molecule has 2 amide bonds. The number of hydrogen-bond donors (Lipinski definition) is 3. The summed E-state index contributed by atoms with van der Waals surface area (Å²) in [5.41, 5.74) is 1.40. The van der Waals surface area contributed by atoms with E-state index in [0.29, 0.717) is 26.3 Å². The van der Waals surface area contributed by atoms with Crippen LogP contribution in [0.1, 0.15) is 50.2 Å². The van der Waals surface area contributed by atoms with Crippen LogP contribution in [0.5, 0.6) is 0 Å². The summed E-state index contributed by atoms with van der Waals surface area (Å²) in [4.78, 5) is 12.0. The zero-order valence-electron chi connectivity index (χ0n) is 13.9. The van der Waals surface area contributed by atoms with Gasteiger partial charge in [-0.1, -0.05) is 43.5 Å². The lowest BCUT2D eigenvalue weighted by molar-refractivity contribution is 0.00719. The third kappa shape index (κ3) is 5.84. The number of benzene rings is 1. The summed E-state index contributed by atoms with van der Waals surface area (Å²) in [6.07, 6.45) is 4.77. The number of amides is 2. The number of rotatable bonds is 7. The van der Waals surface area contributed by atoms with Crippen molar-refractivity contribution in [3.63, 3.8) is 0 Å². The molecule has 2 rings (SSSR count). The van der Waals surface area contributed by atoms with Crippen molar-refractivity contribution < 1.29 is 14.6 Å². The Morgan fingerprint density at radius 3 is 2.57 bits per heavy atom. The van der Waals surface area contributed by atoms with E-state index in [-0.39, 0.29) is 6.03 Å². The van der Waals surface area contributed by atoms with Crippen LogP contribution >= 0.6 is 0 Å². The minimum atomic E-state index is -0.734. The zero-order chi connectivity index (χ0) is 16.5. The number of ether oxygens (including phenoxy) is 1. The van der Waals surface area contributed by atoms with Crippen molar-refractivity contribution in [2.75, 3.05) is 13.2 Å². The Labute approximate surface area is 138 Å². The molecule has 23 heavy (non-hydrogen) atoms. The van der Waals surface area contributed by atoms with Gasteiger partial charge in [0.2, 0.25) is 0 Å². The van der Waals surface area contributed by atoms with E-state index < -0.39 is 5.60 Å². The molecule has 0 atom stereocenters. The summed E-state index contributed by atoms with van der Waals surface area (Å²) >= 11 is 0. The van der Waals surface area contributed by atoms with Crippen molar-refractivity contribution in [2.45, 2.75) is 57.8 Å². The number of hydrogen-bond acceptors (Lipinski definition) is 3. The van der Waals surface area contributed by atoms with Gasteiger partial charge in [-0.25, -0.2) is 4.79 Å². The van der Waals surface area contributed by atoms with Crippen LogP contribution < -0.4 is 10.6 Å². The van der Waals surface area contributed by atoms with Gasteiger partial charge in [0.15, 0.2) is 0 Å². The van der Waals surface area contributed by atoms with E-state index in [4.69, 9.17) is 4.74 Å². The van der Waals surface area contributed by atoms with Crippen molar-refractivity contribution in [1.29, 1.82) is 0 Å². The topological polar surface area (TPSA) is 70.6 Å². The normalized spacial score (nSPS) is 16.8. The third-order valence-electron chi connectivity index (χ3n) is 4.38. The molecule has 0 unspecified atom stereocenters. The molecular weight excluding hydrogens is 292 g/mol. The fourth-order valence-electron chi connectivity index (χ4n) is 2.95. The van der Waals surface area contributed by atoms with Crippen molar-refractivity contribution in [3.05, 3.63) is 35.4 Å². The lowest BCUT2D eigenvalue weighted by atomic mass is 9.85. The molecule has 1 aromatic carbocycles. The summed E-state index contributed by atoms with van der Waals surface area (Å²) in [6, 6.07) is 7.68. The molecule has 0 aliphatic heterocycles. The van der Waals surface area contributed by atoms with Crippen LogP contribution in [-0.2, 0) is 17.9 Å². The lowest BCUT2D eigenvalue weighted by Gasteiger charge is -2.32. The van der Waals surface area contributed by atoms with Crippen molar-refractivity contribution in [2.24, 2.45) is 0 Å². The number of carbonyl (C=O) groups is 1. The van der Waals surface area contributed by atoms with E-state index >= 15 is 0 Å². The molecule has 1 saturated carbocycles. The van der Waals surface area contributed by atoms with Crippen LogP contribution in [0, 0.1) is 0 Å². The average Bonchev–Trinajstić information content (AvgIpc) is 2.58. The molecule has 0 spiro atoms. The van der Waals surface area contributed by atoms with Gasteiger partial charge in [-0.15, -0.1) is 0 Å². The van der Waals surface area contributed by atoms with Gasteiger partial charge in [-0.3, -0.25) is 0 Å². The summed E-state index contributed by atoms with van der Waals surface area (Å²) in [6.45, 7) is 3.95. The average molecular weight is 320 g/mol. The van der Waals surface area contributed by atoms with Crippen LogP contribution in [-0.4, -0.2) is 29.9 Å². The second-order valence-electron chi connectivity index (χ2n) is 6.23. The fraction of sp³-hybridized carbons (Fsp3) is 0.611. The van der Waals surface area contributed by atoms with Gasteiger partial charge >= 0.3 is 6.03 Å². The van der Waals surface area contributed by atoms with E-state index in [1.54, 1.807) is 0 Å². The van der Waals surface area contributed by atoms with E-state index in [1.807, 2.05) is 31.2 Å². The molecule has 5 nitrogen and oxygen atoms in total. The first kappa shape index (κ1) is 17.8. The molecule has 0 saturated heterocycles. The Morgan fingerprint density at radius 1 is 1.17 bits per heavy atom. The highest BCUT2D eigenvalue weighted by atomic mass is 16.5. The SMILES string of the molecule is CCOCc1ccccc1CNC(=O)NCC1(O)CCCCC1. The van der Waals surface area contributed by atoms with Gasteiger partial charge in [0.1, 0.15) is 0 Å². The molecule has 1 aromatic rings. The first-order valence-electron chi connectivity index (χ1n) is 8.51. The molecule has 0 radical (unpaired) electrons. The van der Waals surface area contributed by atoms with Crippen molar-refractivity contribution in [1.82, 2.24) is 10.6 Å². The summed E-state index contributed by atoms with van der Waals surface area (Å²) in [5, 5.41) is 16.0. The van der Waals surface area contributed by atoms with Crippen LogP contribution in [0.4, 0.5) is 4.79 Å². The van der Waals surface area contributed by atoms with Gasteiger partial charge in [0.25, 0.3) is 0 Å². The Hall–Kier alpha value is -1.59. The Bertz CT molecular complexity index is 499. The van der Waals surface area contributed by atoms with Crippen LogP contribution in [0.2, 0.25) is 0 Å². The predicted molar refractivity (Wildman–Crippen MR) is 90.0 cm³/mol. The molecule has 1 fully saturated rings. The van der Waals surface area contributed by atoms with Crippen molar-refractivity contribution in [3.8, 4) is 0 Å². The Kier molecular flexibility index (Phi) is 6.86. The quantitative estimate of drug-likeness (QED) is 0.723. The number of nitrogens with one attached hydrogen (secondary N) is 2. The molecule has 5 heteroatoms. The van der Waals surface area contributed by atoms with Gasteiger partial charge in [0, 0.05) is 19.7 Å². The number of urea groups is 1. The maximum absolute atomic E-state index is 12.0. The molecule has 0 aromatic heterocycles.